The van der Waals surface area contributed by atoms with Gasteiger partial charge in [0.2, 0.25) is 5.91 Å². The first-order valence-electron chi connectivity index (χ1n) is 7.81. The number of para-hydroxylation sites is 1. The van der Waals surface area contributed by atoms with Gasteiger partial charge in [-0.25, -0.2) is 0 Å². The molecule has 0 aromatic heterocycles. The molecule has 1 aliphatic heterocycles. The average Bonchev–Trinajstić information content (AvgIpc) is 2.85. The Morgan fingerprint density at radius 3 is 2.68 bits per heavy atom. The van der Waals surface area contributed by atoms with Crippen LogP contribution in [0.15, 0.2) is 36.4 Å². The molecule has 1 amide bonds. The smallest absolute Gasteiger partial charge is 0.303 e. The molecule has 0 N–H and O–H groups in total. The number of allylic oxidation sites excluding steroid dienone is 1. The van der Waals surface area contributed by atoms with Crippen LogP contribution in [0.2, 0.25) is 0 Å². The van der Waals surface area contributed by atoms with Crippen molar-refractivity contribution in [2.75, 3.05) is 4.90 Å². The van der Waals surface area contributed by atoms with Crippen LogP contribution in [0.1, 0.15) is 38.2 Å². The van der Waals surface area contributed by atoms with E-state index in [1.54, 1.807) is 6.92 Å². The number of rotatable bonds is 1. The first-order chi connectivity index (χ1) is 10.5. The van der Waals surface area contributed by atoms with Crippen LogP contribution in [0.3, 0.4) is 0 Å². The molecular formula is C18H19NO3. The number of anilines is 1. The second kappa shape index (κ2) is 4.45. The molecule has 3 aliphatic carbocycles. The van der Waals surface area contributed by atoms with Crippen LogP contribution in [0.25, 0.3) is 0 Å². The average molecular weight is 297 g/mol. The predicted octanol–water partition coefficient (Wildman–Crippen LogP) is 2.79. The SMILES string of the molecule is CC(=O)O[C@]12C=C[C@H](CC1)C1c3ccccc3N(C(C)=O)C12. The van der Waals surface area contributed by atoms with Crippen molar-refractivity contribution in [3.63, 3.8) is 0 Å². The van der Waals surface area contributed by atoms with Gasteiger partial charge >= 0.3 is 5.97 Å². The summed E-state index contributed by atoms with van der Waals surface area (Å²) >= 11 is 0. The third kappa shape index (κ3) is 1.64. The van der Waals surface area contributed by atoms with Gasteiger partial charge in [0.1, 0.15) is 0 Å². The lowest BCUT2D eigenvalue weighted by Crippen LogP contribution is -2.61. The molecule has 1 heterocycles. The van der Waals surface area contributed by atoms with Crippen molar-refractivity contribution < 1.29 is 14.3 Å². The lowest BCUT2D eigenvalue weighted by molar-refractivity contribution is -0.159. The third-order valence-electron chi connectivity index (χ3n) is 5.30. The summed E-state index contributed by atoms with van der Waals surface area (Å²) in [5.41, 5.74) is 1.49. The van der Waals surface area contributed by atoms with Crippen LogP contribution in [0.4, 0.5) is 5.69 Å². The normalized spacial score (nSPS) is 34.3. The molecule has 1 fully saturated rings. The van der Waals surface area contributed by atoms with Gasteiger partial charge in [0.05, 0.1) is 6.04 Å². The molecule has 0 spiro atoms. The summed E-state index contributed by atoms with van der Waals surface area (Å²) in [5, 5.41) is 0. The van der Waals surface area contributed by atoms with Crippen molar-refractivity contribution in [3.8, 4) is 0 Å². The number of nitrogens with zero attached hydrogens (tertiary/aromatic N) is 1. The minimum absolute atomic E-state index is 0.00688. The fraction of sp³-hybridized carbons (Fsp3) is 0.444. The van der Waals surface area contributed by atoms with Gasteiger partial charge in [-0.05, 0) is 36.5 Å². The first-order valence-corrected chi connectivity index (χ1v) is 7.81. The van der Waals surface area contributed by atoms with E-state index in [4.69, 9.17) is 4.74 Å². The van der Waals surface area contributed by atoms with E-state index in [9.17, 15) is 9.59 Å². The summed E-state index contributed by atoms with van der Waals surface area (Å²) in [7, 11) is 0. The Bertz CT molecular complexity index is 695. The standard InChI is InChI=1S/C18H19NO3/c1-11(20)19-15-6-4-3-5-14(15)16-13-7-9-18(10-8-13,17(16)19)22-12(2)21/h3-7,9,13,16-17H,8,10H2,1-2H3/t13-,16?,17?,18-/m1/s1. The highest BCUT2D eigenvalue weighted by atomic mass is 16.6. The van der Waals surface area contributed by atoms with Crippen LogP contribution in [0.5, 0.6) is 0 Å². The number of hydrogen-bond donors (Lipinski definition) is 0. The Kier molecular flexibility index (Phi) is 2.74. The molecule has 4 nitrogen and oxygen atoms in total. The zero-order chi connectivity index (χ0) is 15.5. The maximum Gasteiger partial charge on any atom is 0.303 e. The zero-order valence-electron chi connectivity index (χ0n) is 12.8. The highest BCUT2D eigenvalue weighted by Crippen LogP contribution is 2.58. The lowest BCUT2D eigenvalue weighted by atomic mass is 9.62. The van der Waals surface area contributed by atoms with Gasteiger partial charge in [-0.3, -0.25) is 9.59 Å². The summed E-state index contributed by atoms with van der Waals surface area (Å²) in [6.45, 7) is 3.03. The summed E-state index contributed by atoms with van der Waals surface area (Å²) in [4.78, 5) is 25.8. The first kappa shape index (κ1) is 13.6. The molecule has 1 aromatic rings. The lowest BCUT2D eigenvalue weighted by Gasteiger charge is -2.51. The quantitative estimate of drug-likeness (QED) is 0.591. The minimum Gasteiger partial charge on any atom is -0.453 e. The second-order valence-corrected chi connectivity index (χ2v) is 6.53. The monoisotopic (exact) mass is 297 g/mol. The molecule has 22 heavy (non-hydrogen) atoms. The van der Waals surface area contributed by atoms with Crippen LogP contribution < -0.4 is 4.90 Å². The molecular weight excluding hydrogens is 278 g/mol. The van der Waals surface area contributed by atoms with Crippen LogP contribution in [-0.4, -0.2) is 23.5 Å². The van der Waals surface area contributed by atoms with Crippen LogP contribution >= 0.6 is 0 Å². The number of carbonyl (C=O) groups is 2. The van der Waals surface area contributed by atoms with Gasteiger partial charge in [0.15, 0.2) is 5.60 Å². The Morgan fingerprint density at radius 1 is 1.27 bits per heavy atom. The summed E-state index contributed by atoms with van der Waals surface area (Å²) in [6, 6.07) is 7.96. The second-order valence-electron chi connectivity index (χ2n) is 6.53. The van der Waals surface area contributed by atoms with Crippen molar-refractivity contribution in [1.82, 2.24) is 0 Å². The van der Waals surface area contributed by atoms with Gasteiger partial charge in [0, 0.05) is 25.5 Å². The largest absolute Gasteiger partial charge is 0.453 e. The fourth-order valence-corrected chi connectivity index (χ4v) is 4.64. The number of benzene rings is 1. The Hall–Kier alpha value is -2.10. The summed E-state index contributed by atoms with van der Waals surface area (Å²) < 4.78 is 5.77. The van der Waals surface area contributed by atoms with Gasteiger partial charge in [-0.1, -0.05) is 24.3 Å². The van der Waals surface area contributed by atoms with E-state index in [1.807, 2.05) is 29.2 Å². The van der Waals surface area contributed by atoms with E-state index < -0.39 is 5.60 Å². The minimum atomic E-state index is -0.685. The highest BCUT2D eigenvalue weighted by molar-refractivity contribution is 5.96. The number of hydrogen-bond acceptors (Lipinski definition) is 3. The predicted molar refractivity (Wildman–Crippen MR) is 82.5 cm³/mol. The van der Waals surface area contributed by atoms with E-state index in [1.165, 1.54) is 12.5 Å². The van der Waals surface area contributed by atoms with Crippen molar-refractivity contribution in [1.29, 1.82) is 0 Å². The van der Waals surface area contributed by atoms with Crippen molar-refractivity contribution in [2.45, 2.75) is 44.2 Å². The highest BCUT2D eigenvalue weighted by Gasteiger charge is 2.60. The third-order valence-corrected chi connectivity index (χ3v) is 5.30. The number of carbonyl (C=O) groups excluding carboxylic acids is 2. The molecule has 4 atom stereocenters. The molecule has 4 aliphatic rings. The summed E-state index contributed by atoms with van der Waals surface area (Å²) in [6.07, 6.45) is 5.97. The Balaban J connectivity index is 1.90. The van der Waals surface area contributed by atoms with Gasteiger partial charge in [-0.15, -0.1) is 0 Å². The van der Waals surface area contributed by atoms with Crippen LogP contribution in [0, 0.1) is 5.92 Å². The molecule has 2 bridgehead atoms. The van der Waals surface area contributed by atoms with Crippen molar-refractivity contribution >= 4 is 17.6 Å². The maximum absolute atomic E-state index is 12.3. The number of amides is 1. The van der Waals surface area contributed by atoms with E-state index in [2.05, 4.69) is 12.1 Å². The molecule has 0 radical (unpaired) electrons. The topological polar surface area (TPSA) is 46.6 Å². The zero-order valence-corrected chi connectivity index (χ0v) is 12.8. The van der Waals surface area contributed by atoms with Crippen LogP contribution in [-0.2, 0) is 14.3 Å². The van der Waals surface area contributed by atoms with Crippen molar-refractivity contribution in [3.05, 3.63) is 42.0 Å². The number of esters is 1. The summed E-state index contributed by atoms with van der Waals surface area (Å²) in [5.74, 6) is 0.349. The Morgan fingerprint density at radius 2 is 2.05 bits per heavy atom. The van der Waals surface area contributed by atoms with E-state index >= 15 is 0 Å². The Labute approximate surface area is 129 Å². The number of fused-ring (bicyclic) bond motifs is 2. The van der Waals surface area contributed by atoms with E-state index in [-0.39, 0.29) is 23.8 Å². The van der Waals surface area contributed by atoms with Gasteiger partial charge < -0.3 is 9.64 Å². The number of ether oxygens (including phenoxy) is 1. The van der Waals surface area contributed by atoms with Gasteiger partial charge in [0.25, 0.3) is 0 Å². The molecule has 0 saturated heterocycles. The fourth-order valence-electron chi connectivity index (χ4n) is 4.64. The van der Waals surface area contributed by atoms with Crippen molar-refractivity contribution in [2.24, 2.45) is 5.92 Å². The van der Waals surface area contributed by atoms with E-state index in [0.717, 1.165) is 18.5 Å². The molecule has 5 rings (SSSR count). The maximum atomic E-state index is 12.3. The van der Waals surface area contributed by atoms with Gasteiger partial charge in [-0.2, -0.15) is 0 Å². The molecule has 2 unspecified atom stereocenters. The molecule has 1 aromatic carbocycles. The molecule has 1 saturated carbocycles. The molecule has 114 valence electrons. The molecule has 4 heteroatoms. The van der Waals surface area contributed by atoms with E-state index in [0.29, 0.717) is 5.92 Å².